The lowest BCUT2D eigenvalue weighted by molar-refractivity contribution is -0.122. The topological polar surface area (TPSA) is 69.7 Å². The van der Waals surface area contributed by atoms with Gasteiger partial charge in [0.2, 0.25) is 5.91 Å². The Morgan fingerprint density at radius 1 is 1.00 bits per heavy atom. The number of anilines is 1. The van der Waals surface area contributed by atoms with Gasteiger partial charge in [-0.1, -0.05) is 86.4 Å². The number of hydrogen-bond donors (Lipinski definition) is 1. The molecule has 8 heteroatoms. The number of nitrogens with zero attached hydrogens (tertiary/aromatic N) is 2. The zero-order valence-corrected chi connectivity index (χ0v) is 20.2. The number of nitrogens with one attached hydrogen (secondary N) is 1. The molecule has 1 fully saturated rings. The fourth-order valence-electron chi connectivity index (χ4n) is 3.92. The molecule has 4 rings (SSSR count). The van der Waals surface area contributed by atoms with E-state index in [9.17, 15) is 14.4 Å². The minimum atomic E-state index is -0.348. The van der Waals surface area contributed by atoms with Crippen molar-refractivity contribution in [1.29, 1.82) is 0 Å². The van der Waals surface area contributed by atoms with E-state index in [1.54, 1.807) is 11.0 Å². The van der Waals surface area contributed by atoms with Crippen molar-refractivity contribution in [3.63, 3.8) is 0 Å². The number of amides is 3. The number of thioether (sulfide) groups is 1. The quantitative estimate of drug-likeness (QED) is 0.485. The highest BCUT2D eigenvalue weighted by Gasteiger charge is 2.42. The number of hydrogen-bond acceptors (Lipinski definition) is 5. The van der Waals surface area contributed by atoms with Gasteiger partial charge in [-0.2, -0.15) is 0 Å². The molecule has 0 spiro atoms. The van der Waals surface area contributed by atoms with Gasteiger partial charge in [-0.3, -0.25) is 24.2 Å². The van der Waals surface area contributed by atoms with Gasteiger partial charge in [0, 0.05) is 18.7 Å². The Bertz CT molecular complexity index is 1140. The Balaban J connectivity index is 1.53. The van der Waals surface area contributed by atoms with E-state index in [2.05, 4.69) is 5.32 Å². The van der Waals surface area contributed by atoms with Crippen LogP contribution in [0.3, 0.4) is 0 Å². The van der Waals surface area contributed by atoms with Crippen LogP contribution < -0.4 is 10.2 Å². The molecule has 0 unspecified atom stereocenters. The molecule has 3 amide bonds. The third-order valence-corrected chi connectivity index (χ3v) is 6.88. The van der Waals surface area contributed by atoms with Crippen molar-refractivity contribution in [3.05, 3.63) is 70.6 Å². The second kappa shape index (κ2) is 9.89. The maximum absolute atomic E-state index is 13.4. The molecule has 33 heavy (non-hydrogen) atoms. The van der Waals surface area contributed by atoms with Crippen molar-refractivity contribution >= 4 is 57.3 Å². The first-order chi connectivity index (χ1) is 15.9. The second-order valence-corrected chi connectivity index (χ2v) is 10.0. The van der Waals surface area contributed by atoms with E-state index in [4.69, 9.17) is 12.2 Å². The van der Waals surface area contributed by atoms with Crippen molar-refractivity contribution in [3.8, 4) is 0 Å². The lowest BCUT2D eigenvalue weighted by atomic mass is 10.1. The molecule has 0 aliphatic carbocycles. The van der Waals surface area contributed by atoms with E-state index in [1.807, 2.05) is 62.4 Å². The van der Waals surface area contributed by atoms with Gasteiger partial charge < -0.3 is 5.32 Å². The number of carbonyl (C=O) groups excluding carboxylic acids is 3. The van der Waals surface area contributed by atoms with Gasteiger partial charge in [0.05, 0.1) is 16.2 Å². The normalized spacial score (nSPS) is 17.8. The molecule has 0 saturated carbocycles. The number of benzene rings is 2. The fourth-order valence-corrected chi connectivity index (χ4v) is 5.27. The molecule has 1 N–H and O–H groups in total. The smallest absolute Gasteiger partial charge is 0.267 e. The Hall–Kier alpha value is -2.97. The zero-order chi connectivity index (χ0) is 23.5. The molecule has 1 saturated heterocycles. The Labute approximate surface area is 203 Å². The third-order valence-electron chi connectivity index (χ3n) is 5.43. The maximum Gasteiger partial charge on any atom is 0.267 e. The molecule has 0 atom stereocenters. The van der Waals surface area contributed by atoms with Crippen LogP contribution >= 0.6 is 24.0 Å². The summed E-state index contributed by atoms with van der Waals surface area (Å²) in [5.41, 5.74) is 2.74. The Morgan fingerprint density at radius 2 is 1.70 bits per heavy atom. The van der Waals surface area contributed by atoms with Crippen molar-refractivity contribution < 1.29 is 14.4 Å². The van der Waals surface area contributed by atoms with Gasteiger partial charge in [-0.05, 0) is 24.0 Å². The molecule has 6 nitrogen and oxygen atoms in total. The number of rotatable bonds is 7. The van der Waals surface area contributed by atoms with Gasteiger partial charge in [0.1, 0.15) is 10.9 Å². The van der Waals surface area contributed by atoms with Crippen LogP contribution in [0.5, 0.6) is 0 Å². The summed E-state index contributed by atoms with van der Waals surface area (Å²) in [5.74, 6) is -0.590. The van der Waals surface area contributed by atoms with Crippen molar-refractivity contribution in [1.82, 2.24) is 10.2 Å². The molecule has 0 aromatic heterocycles. The number of thiocarbonyl (C=S) groups is 1. The zero-order valence-electron chi connectivity index (χ0n) is 18.5. The van der Waals surface area contributed by atoms with Gasteiger partial charge in [0.25, 0.3) is 11.8 Å². The summed E-state index contributed by atoms with van der Waals surface area (Å²) in [6, 6.07) is 17.1. The first kappa shape index (κ1) is 23.2. The monoisotopic (exact) mass is 479 g/mol. The van der Waals surface area contributed by atoms with Gasteiger partial charge in [-0.25, -0.2) is 0 Å². The summed E-state index contributed by atoms with van der Waals surface area (Å²) in [7, 11) is 0. The molecular weight excluding hydrogens is 454 g/mol. The number of fused-ring (bicyclic) bond motifs is 1. The lowest BCUT2D eigenvalue weighted by Gasteiger charge is -2.17. The standard InChI is InChI=1S/C25H25N3O3S2/c1-16(2)14-28-24(31)22(33-25(28)32)21-18-10-6-7-11-19(18)27(23(21)30)15-20(29)26-13-12-17-8-4-3-5-9-17/h3-11,16H,12-15H2,1-2H3,(H,26,29). The van der Waals surface area contributed by atoms with Crippen LogP contribution in [0.1, 0.15) is 25.0 Å². The largest absolute Gasteiger partial charge is 0.354 e. The van der Waals surface area contributed by atoms with Crippen LogP contribution in [0.4, 0.5) is 5.69 Å². The molecule has 0 radical (unpaired) electrons. The molecule has 2 heterocycles. The predicted molar refractivity (Wildman–Crippen MR) is 136 cm³/mol. The van der Waals surface area contributed by atoms with E-state index in [1.165, 1.54) is 4.90 Å². The minimum absolute atomic E-state index is 0.111. The van der Waals surface area contributed by atoms with E-state index in [0.29, 0.717) is 45.6 Å². The van der Waals surface area contributed by atoms with E-state index >= 15 is 0 Å². The second-order valence-electron chi connectivity index (χ2n) is 8.38. The summed E-state index contributed by atoms with van der Waals surface area (Å²) in [5, 5.41) is 2.89. The lowest BCUT2D eigenvalue weighted by Crippen LogP contribution is -2.39. The fraction of sp³-hybridized carbons (Fsp3) is 0.280. The van der Waals surface area contributed by atoms with Crippen molar-refractivity contribution in [2.75, 3.05) is 24.5 Å². The highest BCUT2D eigenvalue weighted by molar-refractivity contribution is 8.26. The van der Waals surface area contributed by atoms with Gasteiger partial charge in [0.15, 0.2) is 0 Å². The van der Waals surface area contributed by atoms with Crippen LogP contribution in [0.2, 0.25) is 0 Å². The SMILES string of the molecule is CC(C)CN1C(=O)C(=C2C(=O)N(CC(=O)NCCc3ccccc3)c3ccccc32)SC1=S. The summed E-state index contributed by atoms with van der Waals surface area (Å²) in [4.78, 5) is 42.5. The van der Waals surface area contributed by atoms with Crippen molar-refractivity contribution in [2.45, 2.75) is 20.3 Å². The molecular formula is C25H25N3O3S2. The van der Waals surface area contributed by atoms with Crippen molar-refractivity contribution in [2.24, 2.45) is 5.92 Å². The highest BCUT2D eigenvalue weighted by atomic mass is 32.2. The van der Waals surface area contributed by atoms with Crippen LogP contribution in [0.15, 0.2) is 59.5 Å². The first-order valence-corrected chi connectivity index (χ1v) is 12.1. The molecule has 170 valence electrons. The molecule has 0 bridgehead atoms. The minimum Gasteiger partial charge on any atom is -0.354 e. The summed E-state index contributed by atoms with van der Waals surface area (Å²) < 4.78 is 0.457. The summed E-state index contributed by atoms with van der Waals surface area (Å²) in [6.45, 7) is 4.90. The van der Waals surface area contributed by atoms with Crippen LogP contribution in [0, 0.1) is 5.92 Å². The number of para-hydroxylation sites is 1. The summed E-state index contributed by atoms with van der Waals surface area (Å²) >= 11 is 6.58. The van der Waals surface area contributed by atoms with E-state index in [0.717, 1.165) is 17.3 Å². The van der Waals surface area contributed by atoms with Crippen LogP contribution in [-0.4, -0.2) is 46.6 Å². The van der Waals surface area contributed by atoms with Gasteiger partial charge >= 0.3 is 0 Å². The molecule has 2 aliphatic rings. The van der Waals surface area contributed by atoms with E-state index < -0.39 is 0 Å². The highest BCUT2D eigenvalue weighted by Crippen LogP contribution is 2.44. The molecule has 2 aromatic rings. The third kappa shape index (κ3) is 4.86. The van der Waals surface area contributed by atoms with Crippen LogP contribution in [-0.2, 0) is 20.8 Å². The number of carbonyl (C=O) groups is 3. The maximum atomic E-state index is 13.4. The average molecular weight is 480 g/mol. The van der Waals surface area contributed by atoms with Crippen LogP contribution in [0.25, 0.3) is 5.57 Å². The molecule has 2 aromatic carbocycles. The Morgan fingerprint density at radius 3 is 2.42 bits per heavy atom. The summed E-state index contributed by atoms with van der Waals surface area (Å²) in [6.07, 6.45) is 0.709. The average Bonchev–Trinajstić information content (AvgIpc) is 3.22. The van der Waals surface area contributed by atoms with E-state index in [-0.39, 0.29) is 30.2 Å². The van der Waals surface area contributed by atoms with Gasteiger partial charge in [-0.15, -0.1) is 0 Å². The molecule has 2 aliphatic heterocycles. The Kier molecular flexibility index (Phi) is 6.95. The first-order valence-electron chi connectivity index (χ1n) is 10.9. The predicted octanol–water partition coefficient (Wildman–Crippen LogP) is 3.62.